The summed E-state index contributed by atoms with van der Waals surface area (Å²) in [7, 11) is 0. The lowest BCUT2D eigenvalue weighted by molar-refractivity contribution is -0.895. The topological polar surface area (TPSA) is 34.4 Å². The highest BCUT2D eigenvalue weighted by Crippen LogP contribution is 2.18. The number of ketones is 1. The summed E-state index contributed by atoms with van der Waals surface area (Å²) in [6, 6.07) is 0. The van der Waals surface area contributed by atoms with Crippen LogP contribution >= 0.6 is 11.3 Å². The first-order valence-corrected chi connectivity index (χ1v) is 6.70. The van der Waals surface area contributed by atoms with Crippen molar-refractivity contribution in [3.63, 3.8) is 0 Å². The van der Waals surface area contributed by atoms with Crippen LogP contribution < -0.4 is 17.3 Å². The zero-order chi connectivity index (χ0) is 12.1. The number of rotatable bonds is 6. The van der Waals surface area contributed by atoms with E-state index >= 15 is 0 Å². The molecule has 5 heteroatoms. The van der Waals surface area contributed by atoms with Crippen molar-refractivity contribution in [1.82, 2.24) is 4.98 Å². The van der Waals surface area contributed by atoms with E-state index in [9.17, 15) is 4.79 Å². The van der Waals surface area contributed by atoms with E-state index in [0.29, 0.717) is 6.42 Å². The Morgan fingerprint density at radius 3 is 2.29 bits per heavy atom. The van der Waals surface area contributed by atoms with Gasteiger partial charge in [-0.25, -0.2) is 4.98 Å². The molecule has 0 saturated heterocycles. The number of Topliss-reactive ketones (excluding diaryl/α,β-unsaturated/α-hetero) is 1. The third-order valence-electron chi connectivity index (χ3n) is 2.86. The van der Waals surface area contributed by atoms with E-state index < -0.39 is 0 Å². The number of carbonyl (C=O) groups excluding carboxylic acids is 1. The Morgan fingerprint density at radius 1 is 1.29 bits per heavy atom. The Bertz CT molecular complexity index is 361. The van der Waals surface area contributed by atoms with Crippen LogP contribution in [0.2, 0.25) is 0 Å². The van der Waals surface area contributed by atoms with E-state index in [1.807, 2.05) is 13.8 Å². The first-order valence-electron chi connectivity index (χ1n) is 5.89. The van der Waals surface area contributed by atoms with E-state index in [0.717, 1.165) is 35.2 Å². The van der Waals surface area contributed by atoms with Gasteiger partial charge in [-0.05, 0) is 27.7 Å². The molecule has 1 aromatic rings. The molecule has 0 aromatic carbocycles. The Balaban J connectivity index is 0.00000256. The summed E-state index contributed by atoms with van der Waals surface area (Å²) in [5.41, 5.74) is 0.891. The van der Waals surface area contributed by atoms with Gasteiger partial charge in [0, 0.05) is 0 Å². The van der Waals surface area contributed by atoms with Gasteiger partial charge < -0.3 is 17.3 Å². The zero-order valence-electron chi connectivity index (χ0n) is 11.0. The van der Waals surface area contributed by atoms with Crippen LogP contribution in [-0.2, 0) is 0 Å². The fraction of sp³-hybridized carbons (Fsp3) is 0.667. The third-order valence-corrected chi connectivity index (χ3v) is 3.98. The quantitative estimate of drug-likeness (QED) is 0.626. The average molecular weight is 277 g/mol. The third kappa shape index (κ3) is 4.74. The summed E-state index contributed by atoms with van der Waals surface area (Å²) < 4.78 is 0. The van der Waals surface area contributed by atoms with Crippen molar-refractivity contribution in [2.45, 2.75) is 34.1 Å². The molecule has 1 N–H and O–H groups in total. The molecule has 0 aliphatic rings. The summed E-state index contributed by atoms with van der Waals surface area (Å²) in [5.74, 6) is 0.252. The van der Waals surface area contributed by atoms with Crippen LogP contribution in [0, 0.1) is 13.8 Å². The smallest absolute Gasteiger partial charge is 0.180 e. The van der Waals surface area contributed by atoms with Crippen LogP contribution in [0.4, 0.5) is 0 Å². The predicted octanol–water partition coefficient (Wildman–Crippen LogP) is -1.74. The van der Waals surface area contributed by atoms with E-state index in [1.54, 1.807) is 0 Å². The van der Waals surface area contributed by atoms with Gasteiger partial charge in [0.25, 0.3) is 0 Å². The molecule has 0 amide bonds. The van der Waals surface area contributed by atoms with Crippen LogP contribution in [0.5, 0.6) is 0 Å². The van der Waals surface area contributed by atoms with E-state index in [2.05, 4.69) is 18.8 Å². The van der Waals surface area contributed by atoms with Crippen LogP contribution in [0.15, 0.2) is 0 Å². The van der Waals surface area contributed by atoms with Gasteiger partial charge in [-0.2, -0.15) is 0 Å². The lowest BCUT2D eigenvalue weighted by atomic mass is 10.2. The molecule has 0 bridgehead atoms. The lowest BCUT2D eigenvalue weighted by Crippen LogP contribution is -3.11. The number of hydrogen-bond donors (Lipinski definition) is 1. The highest BCUT2D eigenvalue weighted by atomic mass is 35.5. The number of aryl methyl sites for hydroxylation is 2. The Hall–Kier alpha value is -0.450. The van der Waals surface area contributed by atoms with Crippen molar-refractivity contribution in [1.29, 1.82) is 0 Å². The Kier molecular flexibility index (Phi) is 7.59. The number of quaternary nitrogens is 1. The highest BCUT2D eigenvalue weighted by Gasteiger charge is 2.15. The van der Waals surface area contributed by atoms with Crippen molar-refractivity contribution in [3.05, 3.63) is 15.6 Å². The standard InChI is InChI=1S/C12H20N2OS.ClH/c1-5-14(6-2)8-7-11(15)12-9(3)13-10(4)16-12;/h5-8H2,1-4H3;1H. The van der Waals surface area contributed by atoms with Gasteiger partial charge in [0.15, 0.2) is 5.78 Å². The largest absolute Gasteiger partial charge is 1.00 e. The molecule has 0 radical (unpaired) electrons. The fourth-order valence-electron chi connectivity index (χ4n) is 1.80. The molecule has 1 aromatic heterocycles. The van der Waals surface area contributed by atoms with Crippen molar-refractivity contribution in [2.24, 2.45) is 0 Å². The van der Waals surface area contributed by atoms with Crippen molar-refractivity contribution in [2.75, 3.05) is 19.6 Å². The maximum atomic E-state index is 12.0. The van der Waals surface area contributed by atoms with Gasteiger partial charge in [-0.3, -0.25) is 4.79 Å². The molecular formula is C12H21ClN2OS. The molecule has 17 heavy (non-hydrogen) atoms. The monoisotopic (exact) mass is 276 g/mol. The zero-order valence-corrected chi connectivity index (χ0v) is 12.5. The van der Waals surface area contributed by atoms with Crippen LogP contribution in [0.1, 0.15) is 40.6 Å². The predicted molar refractivity (Wildman–Crippen MR) is 67.4 cm³/mol. The van der Waals surface area contributed by atoms with Gasteiger partial charge in [-0.1, -0.05) is 0 Å². The van der Waals surface area contributed by atoms with Crippen LogP contribution in [0.3, 0.4) is 0 Å². The van der Waals surface area contributed by atoms with Gasteiger partial charge in [0.05, 0.1) is 41.6 Å². The minimum Gasteiger partial charge on any atom is -1.00 e. The van der Waals surface area contributed by atoms with E-state index in [1.165, 1.54) is 16.2 Å². The molecule has 0 unspecified atom stereocenters. The molecular weight excluding hydrogens is 256 g/mol. The number of hydrogen-bond acceptors (Lipinski definition) is 3. The van der Waals surface area contributed by atoms with Gasteiger partial charge >= 0.3 is 0 Å². The summed E-state index contributed by atoms with van der Waals surface area (Å²) >= 11 is 1.52. The second-order valence-electron chi connectivity index (χ2n) is 4.03. The molecule has 0 saturated carbocycles. The Morgan fingerprint density at radius 2 is 1.88 bits per heavy atom. The first-order chi connectivity index (χ1) is 7.58. The maximum absolute atomic E-state index is 12.0. The molecule has 3 nitrogen and oxygen atoms in total. The second kappa shape index (κ2) is 7.80. The summed E-state index contributed by atoms with van der Waals surface area (Å²) in [6.45, 7) is 11.3. The summed E-state index contributed by atoms with van der Waals surface area (Å²) in [4.78, 5) is 18.6. The normalized spacial score (nSPS) is 10.4. The average Bonchev–Trinajstić information content (AvgIpc) is 2.59. The van der Waals surface area contributed by atoms with Gasteiger partial charge in [-0.15, -0.1) is 11.3 Å². The highest BCUT2D eigenvalue weighted by molar-refractivity contribution is 7.13. The minimum atomic E-state index is 0. The molecule has 0 aliphatic heterocycles. The molecule has 1 rings (SSSR count). The van der Waals surface area contributed by atoms with Crippen molar-refractivity contribution < 1.29 is 22.1 Å². The molecule has 1 heterocycles. The lowest BCUT2D eigenvalue weighted by Gasteiger charge is -2.14. The van der Waals surface area contributed by atoms with Crippen molar-refractivity contribution >= 4 is 17.1 Å². The number of halogens is 1. The number of nitrogens with zero attached hydrogens (tertiary/aromatic N) is 1. The molecule has 0 fully saturated rings. The van der Waals surface area contributed by atoms with E-state index in [4.69, 9.17) is 0 Å². The summed E-state index contributed by atoms with van der Waals surface area (Å²) in [6.07, 6.45) is 0.638. The molecule has 0 spiro atoms. The van der Waals surface area contributed by atoms with Gasteiger partial charge in [0.1, 0.15) is 0 Å². The van der Waals surface area contributed by atoms with Crippen LogP contribution in [0.25, 0.3) is 0 Å². The van der Waals surface area contributed by atoms with Crippen LogP contribution in [-0.4, -0.2) is 30.4 Å². The molecule has 0 atom stereocenters. The number of nitrogens with one attached hydrogen (secondary N) is 1. The maximum Gasteiger partial charge on any atom is 0.180 e. The molecule has 0 aliphatic carbocycles. The minimum absolute atomic E-state index is 0. The van der Waals surface area contributed by atoms with Crippen molar-refractivity contribution in [3.8, 4) is 0 Å². The van der Waals surface area contributed by atoms with Gasteiger partial charge in [0.2, 0.25) is 0 Å². The number of carbonyl (C=O) groups is 1. The van der Waals surface area contributed by atoms with E-state index in [-0.39, 0.29) is 18.2 Å². The Labute approximate surface area is 114 Å². The first kappa shape index (κ1) is 16.6. The summed E-state index contributed by atoms with van der Waals surface area (Å²) in [5, 5.41) is 0.982. The second-order valence-corrected chi connectivity index (χ2v) is 5.23. The SMILES string of the molecule is CC[NH+](CC)CCC(=O)c1sc(C)nc1C.[Cl-]. The number of aromatic nitrogens is 1. The molecule has 98 valence electrons. The number of thiazole rings is 1. The fourth-order valence-corrected chi connectivity index (χ4v) is 2.68.